The van der Waals surface area contributed by atoms with Crippen molar-refractivity contribution in [1.29, 1.82) is 0 Å². The maximum absolute atomic E-state index is 4.00. The fourth-order valence-corrected chi connectivity index (χ4v) is 0.997. The van der Waals surface area contributed by atoms with Crippen LogP contribution in [0.2, 0.25) is 0 Å². The number of rotatable bonds is 0. The molecule has 0 radical (unpaired) electrons. The zero-order valence-electron chi connectivity index (χ0n) is 7.89. The van der Waals surface area contributed by atoms with Crippen LogP contribution in [-0.4, -0.2) is 9.97 Å². The van der Waals surface area contributed by atoms with E-state index in [0.29, 0.717) is 0 Å². The Hall–Kier alpha value is -1.22. The lowest BCUT2D eigenvalue weighted by molar-refractivity contribution is 1.23. The van der Waals surface area contributed by atoms with Crippen LogP contribution in [0, 0.1) is 6.92 Å². The van der Waals surface area contributed by atoms with Gasteiger partial charge in [-0.05, 0) is 46.6 Å². The number of aryl methyl sites for hydroxylation is 1. The van der Waals surface area contributed by atoms with Gasteiger partial charge in [-0.15, -0.1) is 0 Å². The summed E-state index contributed by atoms with van der Waals surface area (Å²) < 4.78 is 0.892. The summed E-state index contributed by atoms with van der Waals surface area (Å²) in [5, 5.41) is 0. The van der Waals surface area contributed by atoms with Crippen molar-refractivity contribution in [3.05, 3.63) is 59.1 Å². The van der Waals surface area contributed by atoms with Gasteiger partial charge in [0.2, 0.25) is 0 Å². The third-order valence-electron chi connectivity index (χ3n) is 1.44. The predicted molar refractivity (Wildman–Crippen MR) is 60.9 cm³/mol. The molecule has 3 heteroatoms. The lowest BCUT2D eigenvalue weighted by Gasteiger charge is -1.87. The summed E-state index contributed by atoms with van der Waals surface area (Å²) in [4.78, 5) is 7.78. The molecular weight excluding hydrogens is 240 g/mol. The maximum atomic E-state index is 4.00. The third kappa shape index (κ3) is 4.72. The van der Waals surface area contributed by atoms with Gasteiger partial charge in [0.25, 0.3) is 0 Å². The molecule has 0 aliphatic carbocycles. The summed E-state index contributed by atoms with van der Waals surface area (Å²) in [5.74, 6) is 0. The first-order valence-electron chi connectivity index (χ1n) is 4.22. The second-order valence-corrected chi connectivity index (χ2v) is 3.50. The van der Waals surface area contributed by atoms with E-state index in [4.69, 9.17) is 0 Å². The molecule has 0 fully saturated rings. The van der Waals surface area contributed by atoms with Gasteiger partial charge in [-0.3, -0.25) is 4.98 Å². The lowest BCUT2D eigenvalue weighted by atomic mass is 10.3. The zero-order chi connectivity index (χ0) is 10.2. The fraction of sp³-hybridized carbons (Fsp3) is 0.0909. The van der Waals surface area contributed by atoms with Gasteiger partial charge >= 0.3 is 0 Å². The zero-order valence-corrected chi connectivity index (χ0v) is 9.48. The Morgan fingerprint density at radius 2 is 1.79 bits per heavy atom. The van der Waals surface area contributed by atoms with E-state index in [1.165, 1.54) is 5.56 Å². The number of pyridine rings is 2. The monoisotopic (exact) mass is 250 g/mol. The van der Waals surface area contributed by atoms with E-state index in [1.807, 2.05) is 43.5 Å². The fourth-order valence-electron chi connectivity index (χ4n) is 0.762. The molecule has 0 aromatic carbocycles. The largest absolute Gasteiger partial charge is 0.265 e. The van der Waals surface area contributed by atoms with E-state index in [2.05, 4.69) is 25.9 Å². The minimum atomic E-state index is 0.892. The van der Waals surface area contributed by atoms with E-state index in [1.54, 1.807) is 12.4 Å². The summed E-state index contributed by atoms with van der Waals surface area (Å²) in [6, 6.07) is 9.65. The number of nitrogens with zero attached hydrogens (tertiary/aromatic N) is 2. The molecule has 72 valence electrons. The van der Waals surface area contributed by atoms with Crippen LogP contribution in [0.5, 0.6) is 0 Å². The van der Waals surface area contributed by atoms with Crippen LogP contribution < -0.4 is 0 Å². The van der Waals surface area contributed by atoms with Gasteiger partial charge in [0.15, 0.2) is 0 Å². The van der Waals surface area contributed by atoms with Crippen molar-refractivity contribution >= 4 is 15.9 Å². The number of hydrogen-bond donors (Lipinski definition) is 0. The topological polar surface area (TPSA) is 25.8 Å². The minimum absolute atomic E-state index is 0.892. The second kappa shape index (κ2) is 6.27. The van der Waals surface area contributed by atoms with Crippen molar-refractivity contribution in [2.45, 2.75) is 6.92 Å². The van der Waals surface area contributed by atoms with E-state index in [0.717, 1.165) is 4.60 Å². The van der Waals surface area contributed by atoms with Gasteiger partial charge in [-0.25, -0.2) is 4.98 Å². The normalized spacial score (nSPS) is 8.71. The van der Waals surface area contributed by atoms with E-state index in [-0.39, 0.29) is 0 Å². The Morgan fingerprint density at radius 3 is 2.07 bits per heavy atom. The molecule has 2 aromatic heterocycles. The van der Waals surface area contributed by atoms with Crippen molar-refractivity contribution in [1.82, 2.24) is 9.97 Å². The first-order valence-corrected chi connectivity index (χ1v) is 5.01. The standard InChI is InChI=1S/C6H6BrN.C5H5N/c1-5-2-3-6(7)8-4-5;1-2-4-6-5-3-1/h2-4H,1H3;1-5H. The highest BCUT2D eigenvalue weighted by Gasteiger charge is 1.82. The Morgan fingerprint density at radius 1 is 1.07 bits per heavy atom. The molecule has 0 aliphatic heterocycles. The molecule has 0 amide bonds. The van der Waals surface area contributed by atoms with Gasteiger partial charge in [-0.1, -0.05) is 12.1 Å². The van der Waals surface area contributed by atoms with Crippen LogP contribution in [0.15, 0.2) is 53.5 Å². The summed E-state index contributed by atoms with van der Waals surface area (Å²) in [6.45, 7) is 2.01. The van der Waals surface area contributed by atoms with Crippen LogP contribution in [0.25, 0.3) is 0 Å². The molecule has 0 saturated heterocycles. The van der Waals surface area contributed by atoms with Crippen LogP contribution in [0.1, 0.15) is 5.56 Å². The van der Waals surface area contributed by atoms with Crippen LogP contribution in [0.4, 0.5) is 0 Å². The van der Waals surface area contributed by atoms with Gasteiger partial charge < -0.3 is 0 Å². The molecule has 2 nitrogen and oxygen atoms in total. The van der Waals surface area contributed by atoms with Crippen molar-refractivity contribution in [2.75, 3.05) is 0 Å². The van der Waals surface area contributed by atoms with Crippen LogP contribution in [-0.2, 0) is 0 Å². The highest BCUT2D eigenvalue weighted by Crippen LogP contribution is 2.04. The molecule has 14 heavy (non-hydrogen) atoms. The average molecular weight is 251 g/mol. The second-order valence-electron chi connectivity index (χ2n) is 2.68. The van der Waals surface area contributed by atoms with Crippen molar-refractivity contribution in [2.24, 2.45) is 0 Å². The van der Waals surface area contributed by atoms with Crippen LogP contribution >= 0.6 is 15.9 Å². The number of halogens is 1. The first-order chi connectivity index (χ1) is 6.79. The van der Waals surface area contributed by atoms with Gasteiger partial charge in [0, 0.05) is 18.6 Å². The Kier molecular flexibility index (Phi) is 4.86. The lowest BCUT2D eigenvalue weighted by Crippen LogP contribution is -1.74. The van der Waals surface area contributed by atoms with Gasteiger partial charge in [0.1, 0.15) is 4.60 Å². The van der Waals surface area contributed by atoms with E-state index >= 15 is 0 Å². The molecule has 0 saturated carbocycles. The summed E-state index contributed by atoms with van der Waals surface area (Å²) >= 11 is 3.23. The Balaban J connectivity index is 0.000000146. The highest BCUT2D eigenvalue weighted by molar-refractivity contribution is 9.10. The molecule has 0 unspecified atom stereocenters. The maximum Gasteiger partial charge on any atom is 0.106 e. The molecule has 0 N–H and O–H groups in total. The third-order valence-corrected chi connectivity index (χ3v) is 1.91. The summed E-state index contributed by atoms with van der Waals surface area (Å²) in [6.07, 6.45) is 5.32. The minimum Gasteiger partial charge on any atom is -0.265 e. The molecule has 0 atom stereocenters. The highest BCUT2D eigenvalue weighted by atomic mass is 79.9. The average Bonchev–Trinajstić information content (AvgIpc) is 2.26. The summed E-state index contributed by atoms with van der Waals surface area (Å²) in [7, 11) is 0. The smallest absolute Gasteiger partial charge is 0.106 e. The SMILES string of the molecule is Cc1ccc(Br)nc1.c1ccncc1. The van der Waals surface area contributed by atoms with E-state index < -0.39 is 0 Å². The molecule has 2 heterocycles. The van der Waals surface area contributed by atoms with Gasteiger partial charge in [0.05, 0.1) is 0 Å². The molecule has 0 bridgehead atoms. The molecule has 0 aliphatic rings. The number of hydrogen-bond acceptors (Lipinski definition) is 2. The van der Waals surface area contributed by atoms with Crippen molar-refractivity contribution < 1.29 is 0 Å². The number of aromatic nitrogens is 2. The van der Waals surface area contributed by atoms with Crippen molar-refractivity contribution in [3.8, 4) is 0 Å². The van der Waals surface area contributed by atoms with Gasteiger partial charge in [-0.2, -0.15) is 0 Å². The quantitative estimate of drug-likeness (QED) is 0.672. The molecule has 2 aromatic rings. The molecular formula is C11H11BrN2. The molecule has 0 spiro atoms. The van der Waals surface area contributed by atoms with E-state index in [9.17, 15) is 0 Å². The van der Waals surface area contributed by atoms with Crippen LogP contribution in [0.3, 0.4) is 0 Å². The molecule has 2 rings (SSSR count). The van der Waals surface area contributed by atoms with Crippen molar-refractivity contribution in [3.63, 3.8) is 0 Å². The Bertz CT molecular complexity index is 298. The Labute approximate surface area is 92.2 Å². The summed E-state index contributed by atoms with van der Waals surface area (Å²) in [5.41, 5.74) is 1.19. The predicted octanol–water partition coefficient (Wildman–Crippen LogP) is 3.23. The first kappa shape index (κ1) is 10.9.